The van der Waals surface area contributed by atoms with Gasteiger partial charge in [0, 0.05) is 13.2 Å². The van der Waals surface area contributed by atoms with E-state index in [1.165, 1.54) is 25.7 Å². The van der Waals surface area contributed by atoms with E-state index in [2.05, 4.69) is 4.98 Å². The summed E-state index contributed by atoms with van der Waals surface area (Å²) in [7, 11) is 0. The molecule has 0 amide bonds. The van der Waals surface area contributed by atoms with Crippen LogP contribution in [0.4, 0.5) is 0 Å². The van der Waals surface area contributed by atoms with Crippen LogP contribution in [0.3, 0.4) is 0 Å². The summed E-state index contributed by atoms with van der Waals surface area (Å²) in [6, 6.07) is 7.47. The number of nitrogens with zero attached hydrogens (tertiary/aromatic N) is 1. The maximum atomic E-state index is 12.4. The smallest absolute Gasteiger partial charge is 0.262 e. The molecule has 0 spiro atoms. The zero-order chi connectivity index (χ0) is 14.7. The van der Waals surface area contributed by atoms with Crippen molar-refractivity contribution in [2.24, 2.45) is 0 Å². The molecule has 1 saturated carbocycles. The van der Waals surface area contributed by atoms with Crippen molar-refractivity contribution < 1.29 is 4.74 Å². The molecule has 3 rings (SSSR count). The molecule has 112 valence electrons. The average Bonchev–Trinajstić information content (AvgIpc) is 2.99. The summed E-state index contributed by atoms with van der Waals surface area (Å²) in [5.74, 6) is 0. The Morgan fingerprint density at radius 2 is 2.05 bits per heavy atom. The van der Waals surface area contributed by atoms with Gasteiger partial charge in [0.2, 0.25) is 0 Å². The van der Waals surface area contributed by atoms with Gasteiger partial charge >= 0.3 is 0 Å². The Labute approximate surface area is 128 Å². The Bertz CT molecular complexity index is 729. The molecule has 0 aliphatic heterocycles. The maximum absolute atomic E-state index is 12.4. The van der Waals surface area contributed by atoms with E-state index >= 15 is 0 Å². The minimum atomic E-state index is -0.0183. The second kappa shape index (κ2) is 6.54. The molecule has 1 aliphatic carbocycles. The Morgan fingerprint density at radius 1 is 1.29 bits per heavy atom. The summed E-state index contributed by atoms with van der Waals surface area (Å²) in [6.45, 7) is 1.30. The van der Waals surface area contributed by atoms with Crippen LogP contribution in [0.5, 0.6) is 0 Å². The van der Waals surface area contributed by atoms with Crippen LogP contribution in [0, 0.1) is 4.77 Å². The van der Waals surface area contributed by atoms with E-state index in [9.17, 15) is 4.79 Å². The molecule has 1 N–H and O–H groups in total. The van der Waals surface area contributed by atoms with Crippen LogP contribution in [0.25, 0.3) is 10.9 Å². The molecule has 0 bridgehead atoms. The summed E-state index contributed by atoms with van der Waals surface area (Å²) in [5, 5.41) is 0.683. The van der Waals surface area contributed by atoms with Crippen LogP contribution in [-0.2, 0) is 11.3 Å². The van der Waals surface area contributed by atoms with Crippen molar-refractivity contribution in [2.75, 3.05) is 6.61 Å². The number of hydrogen-bond donors (Lipinski definition) is 1. The Balaban J connectivity index is 1.69. The number of H-pyrrole nitrogens is 1. The molecular formula is C16H20N2O2S. The molecule has 0 radical (unpaired) electrons. The normalized spacial score (nSPS) is 15.8. The lowest BCUT2D eigenvalue weighted by molar-refractivity contribution is 0.0547. The van der Waals surface area contributed by atoms with Gasteiger partial charge < -0.3 is 9.72 Å². The summed E-state index contributed by atoms with van der Waals surface area (Å²) >= 11 is 5.29. The second-order valence-corrected chi connectivity index (χ2v) is 5.95. The first-order valence-electron chi connectivity index (χ1n) is 7.59. The van der Waals surface area contributed by atoms with Gasteiger partial charge in [0.15, 0.2) is 4.77 Å². The highest BCUT2D eigenvalue weighted by atomic mass is 32.1. The summed E-state index contributed by atoms with van der Waals surface area (Å²) in [5.41, 5.74) is 0.779. The third kappa shape index (κ3) is 3.24. The van der Waals surface area contributed by atoms with Crippen LogP contribution < -0.4 is 5.56 Å². The number of benzene rings is 1. The van der Waals surface area contributed by atoms with Gasteiger partial charge in [-0.2, -0.15) is 0 Å². The van der Waals surface area contributed by atoms with Gasteiger partial charge in [0.1, 0.15) is 0 Å². The van der Waals surface area contributed by atoms with E-state index < -0.39 is 0 Å². The summed E-state index contributed by atoms with van der Waals surface area (Å²) < 4.78 is 7.95. The van der Waals surface area contributed by atoms with Crippen LogP contribution in [0.2, 0.25) is 0 Å². The number of para-hydroxylation sites is 1. The van der Waals surface area contributed by atoms with Gasteiger partial charge in [-0.05, 0) is 43.6 Å². The van der Waals surface area contributed by atoms with Crippen LogP contribution in [-0.4, -0.2) is 22.3 Å². The summed E-state index contributed by atoms with van der Waals surface area (Å²) in [6.07, 6.45) is 6.14. The lowest BCUT2D eigenvalue weighted by Crippen LogP contribution is -2.23. The predicted molar refractivity (Wildman–Crippen MR) is 86.2 cm³/mol. The number of aromatic nitrogens is 2. The van der Waals surface area contributed by atoms with Crippen LogP contribution in [0.1, 0.15) is 32.1 Å². The quantitative estimate of drug-likeness (QED) is 0.680. The first-order chi connectivity index (χ1) is 10.3. The predicted octanol–water partition coefficient (Wildman–Crippen LogP) is 3.41. The van der Waals surface area contributed by atoms with Gasteiger partial charge in [0.25, 0.3) is 5.56 Å². The largest absolute Gasteiger partial charge is 0.378 e. The highest BCUT2D eigenvalue weighted by Gasteiger charge is 2.14. The zero-order valence-electron chi connectivity index (χ0n) is 12.0. The van der Waals surface area contributed by atoms with Gasteiger partial charge in [0.05, 0.1) is 17.0 Å². The molecule has 0 atom stereocenters. The number of fused-ring (bicyclic) bond motifs is 1. The minimum absolute atomic E-state index is 0.0183. The van der Waals surface area contributed by atoms with Crippen molar-refractivity contribution >= 4 is 23.1 Å². The summed E-state index contributed by atoms with van der Waals surface area (Å²) in [4.78, 5) is 15.6. The van der Waals surface area contributed by atoms with E-state index in [4.69, 9.17) is 17.0 Å². The number of nitrogens with one attached hydrogen (secondary N) is 1. The molecule has 1 aromatic heterocycles. The lowest BCUT2D eigenvalue weighted by Gasteiger charge is -2.12. The molecule has 1 aliphatic rings. The molecule has 1 fully saturated rings. The number of ether oxygens (including phenoxy) is 1. The van der Waals surface area contributed by atoms with Crippen molar-refractivity contribution in [3.8, 4) is 0 Å². The number of aromatic amines is 1. The SMILES string of the molecule is O=c1c2ccccc2[nH]c(=S)n1CCCOC1CCCC1. The van der Waals surface area contributed by atoms with Gasteiger partial charge in [-0.15, -0.1) is 0 Å². The molecule has 21 heavy (non-hydrogen) atoms. The van der Waals surface area contributed by atoms with Crippen molar-refractivity contribution in [3.05, 3.63) is 39.4 Å². The minimum Gasteiger partial charge on any atom is -0.378 e. The third-order valence-corrected chi connectivity index (χ3v) is 4.39. The monoisotopic (exact) mass is 304 g/mol. The fourth-order valence-electron chi connectivity index (χ4n) is 2.93. The standard InChI is InChI=1S/C16H20N2O2S/c19-15-13-8-3-4-9-14(13)17-16(21)18(15)10-5-11-20-12-6-1-2-7-12/h3-4,8-9,12H,1-2,5-7,10-11H2,(H,17,21). The van der Waals surface area contributed by atoms with E-state index in [0.717, 1.165) is 11.9 Å². The Kier molecular flexibility index (Phi) is 4.51. The van der Waals surface area contributed by atoms with Crippen molar-refractivity contribution in [2.45, 2.75) is 44.8 Å². The van der Waals surface area contributed by atoms with Crippen molar-refractivity contribution in [1.29, 1.82) is 0 Å². The lowest BCUT2D eigenvalue weighted by atomic mass is 10.2. The van der Waals surface area contributed by atoms with Crippen molar-refractivity contribution in [3.63, 3.8) is 0 Å². The van der Waals surface area contributed by atoms with E-state index in [0.29, 0.717) is 29.4 Å². The van der Waals surface area contributed by atoms with Gasteiger partial charge in [-0.3, -0.25) is 9.36 Å². The van der Waals surface area contributed by atoms with Crippen molar-refractivity contribution in [1.82, 2.24) is 9.55 Å². The molecule has 4 nitrogen and oxygen atoms in total. The fourth-order valence-corrected chi connectivity index (χ4v) is 3.21. The van der Waals surface area contributed by atoms with Gasteiger partial charge in [-0.1, -0.05) is 25.0 Å². The van der Waals surface area contributed by atoms with E-state index in [-0.39, 0.29) is 5.56 Å². The molecule has 5 heteroatoms. The number of hydrogen-bond acceptors (Lipinski definition) is 3. The average molecular weight is 304 g/mol. The number of rotatable bonds is 5. The molecule has 1 aromatic carbocycles. The first kappa shape index (κ1) is 14.5. The molecular weight excluding hydrogens is 284 g/mol. The Morgan fingerprint density at radius 3 is 2.86 bits per heavy atom. The third-order valence-electron chi connectivity index (χ3n) is 4.07. The molecule has 0 saturated heterocycles. The molecule has 1 heterocycles. The second-order valence-electron chi connectivity index (χ2n) is 5.56. The zero-order valence-corrected chi connectivity index (χ0v) is 12.8. The molecule has 0 unspecified atom stereocenters. The first-order valence-corrected chi connectivity index (χ1v) is 8.00. The van der Waals surface area contributed by atoms with Crippen LogP contribution in [0.15, 0.2) is 29.1 Å². The highest BCUT2D eigenvalue weighted by molar-refractivity contribution is 7.71. The highest BCUT2D eigenvalue weighted by Crippen LogP contribution is 2.20. The molecule has 2 aromatic rings. The van der Waals surface area contributed by atoms with Crippen LogP contribution >= 0.6 is 12.2 Å². The topological polar surface area (TPSA) is 47.0 Å². The van der Waals surface area contributed by atoms with Gasteiger partial charge in [-0.25, -0.2) is 0 Å². The maximum Gasteiger partial charge on any atom is 0.262 e. The van der Waals surface area contributed by atoms with E-state index in [1.807, 2.05) is 24.3 Å². The Hall–Kier alpha value is -1.46. The fraction of sp³-hybridized carbons (Fsp3) is 0.500. The van der Waals surface area contributed by atoms with E-state index in [1.54, 1.807) is 4.57 Å².